The van der Waals surface area contributed by atoms with Gasteiger partial charge in [0.15, 0.2) is 5.58 Å². The number of benzene rings is 1. The zero-order valence-electron chi connectivity index (χ0n) is 12.0. The van der Waals surface area contributed by atoms with Crippen LogP contribution >= 0.6 is 22.9 Å². The highest BCUT2D eigenvalue weighted by molar-refractivity contribution is 7.15. The molecule has 6 nitrogen and oxygen atoms in total. The van der Waals surface area contributed by atoms with Crippen LogP contribution in [0, 0.1) is 11.3 Å². The second-order valence-corrected chi connectivity index (χ2v) is 6.64. The van der Waals surface area contributed by atoms with Gasteiger partial charge in [-0.15, -0.1) is 11.3 Å². The van der Waals surface area contributed by atoms with Crippen LogP contribution in [-0.2, 0) is 0 Å². The van der Waals surface area contributed by atoms with Crippen molar-refractivity contribution in [3.63, 3.8) is 0 Å². The first kappa shape index (κ1) is 14.5. The van der Waals surface area contributed by atoms with E-state index in [0.717, 1.165) is 31.7 Å². The van der Waals surface area contributed by atoms with E-state index in [2.05, 4.69) is 26.3 Å². The lowest BCUT2D eigenvalue weighted by molar-refractivity contribution is 0.518. The summed E-state index contributed by atoms with van der Waals surface area (Å²) in [6.45, 7) is 3.52. The summed E-state index contributed by atoms with van der Waals surface area (Å²) in [6, 6.07) is 6.29. The first-order chi connectivity index (χ1) is 11.2. The number of oxazole rings is 1. The molecule has 2 aromatic heterocycles. The predicted molar refractivity (Wildman–Crippen MR) is 89.9 cm³/mol. The lowest BCUT2D eigenvalue weighted by Crippen LogP contribution is -2.43. The van der Waals surface area contributed by atoms with E-state index in [1.165, 1.54) is 11.3 Å². The van der Waals surface area contributed by atoms with Crippen molar-refractivity contribution >= 4 is 40.1 Å². The largest absolute Gasteiger partial charge is 0.423 e. The van der Waals surface area contributed by atoms with Crippen LogP contribution in [-0.4, -0.2) is 36.1 Å². The molecule has 0 unspecified atom stereocenters. The van der Waals surface area contributed by atoms with Crippen molar-refractivity contribution in [2.45, 2.75) is 0 Å². The first-order valence-corrected chi connectivity index (χ1v) is 8.36. The molecule has 0 radical (unpaired) electrons. The monoisotopic (exact) mass is 345 g/mol. The number of fused-ring (bicyclic) bond motifs is 1. The fourth-order valence-corrected chi connectivity index (χ4v) is 3.53. The Hall–Kier alpha value is -2.14. The number of thiazole rings is 1. The maximum atomic E-state index is 8.99. The van der Waals surface area contributed by atoms with Crippen LogP contribution in [0.2, 0.25) is 5.02 Å². The number of hydrogen-bond acceptors (Lipinski definition) is 7. The summed E-state index contributed by atoms with van der Waals surface area (Å²) >= 11 is 7.53. The van der Waals surface area contributed by atoms with Crippen LogP contribution < -0.4 is 10.2 Å². The molecule has 0 bridgehead atoms. The van der Waals surface area contributed by atoms with Crippen LogP contribution in [0.15, 0.2) is 22.7 Å². The van der Waals surface area contributed by atoms with Crippen molar-refractivity contribution in [1.29, 1.82) is 5.26 Å². The molecule has 1 N–H and O–H groups in total. The Balaban J connectivity index is 1.83. The van der Waals surface area contributed by atoms with E-state index in [1.807, 2.05) is 0 Å². The van der Waals surface area contributed by atoms with Gasteiger partial charge in [0.1, 0.15) is 21.5 Å². The van der Waals surface area contributed by atoms with Gasteiger partial charge in [-0.05, 0) is 12.1 Å². The SMILES string of the molecule is N#Cc1cnc(-c2cc(Cl)cc3nc(N4CCNCC4)oc23)s1. The van der Waals surface area contributed by atoms with Crippen LogP contribution in [0.25, 0.3) is 21.7 Å². The third-order valence-corrected chi connectivity index (χ3v) is 4.83. The number of nitrogens with zero attached hydrogens (tertiary/aromatic N) is 4. The summed E-state index contributed by atoms with van der Waals surface area (Å²) < 4.78 is 6.00. The molecule has 1 saturated heterocycles. The molecule has 1 aromatic carbocycles. The fourth-order valence-electron chi connectivity index (χ4n) is 2.59. The van der Waals surface area contributed by atoms with E-state index in [9.17, 15) is 0 Å². The second kappa shape index (κ2) is 5.81. The number of halogens is 1. The van der Waals surface area contributed by atoms with Crippen molar-refractivity contribution in [2.24, 2.45) is 0 Å². The zero-order chi connectivity index (χ0) is 15.8. The minimum Gasteiger partial charge on any atom is -0.423 e. The molecule has 4 rings (SSSR count). The Morgan fingerprint density at radius 1 is 1.35 bits per heavy atom. The van der Waals surface area contributed by atoms with Crippen LogP contribution in [0.1, 0.15) is 4.88 Å². The van der Waals surface area contributed by atoms with E-state index in [0.29, 0.717) is 32.0 Å². The van der Waals surface area contributed by atoms with Gasteiger partial charge in [-0.3, -0.25) is 0 Å². The molecule has 1 fully saturated rings. The molecular formula is C15H12ClN5OS. The lowest BCUT2D eigenvalue weighted by atomic mass is 10.2. The Morgan fingerprint density at radius 3 is 2.91 bits per heavy atom. The Bertz CT molecular complexity index is 906. The van der Waals surface area contributed by atoms with Gasteiger partial charge in [0.2, 0.25) is 0 Å². The molecular weight excluding hydrogens is 334 g/mol. The topological polar surface area (TPSA) is 78.0 Å². The quantitative estimate of drug-likeness (QED) is 0.769. The Labute approximate surface area is 141 Å². The second-order valence-electron chi connectivity index (χ2n) is 5.18. The van der Waals surface area contributed by atoms with Crippen LogP contribution in [0.5, 0.6) is 0 Å². The van der Waals surface area contributed by atoms with Crippen molar-refractivity contribution in [2.75, 3.05) is 31.1 Å². The summed E-state index contributed by atoms with van der Waals surface area (Å²) in [6.07, 6.45) is 1.56. The molecule has 1 aliphatic heterocycles. The fraction of sp³-hybridized carbons (Fsp3) is 0.267. The van der Waals surface area contributed by atoms with Crippen molar-refractivity contribution in [3.8, 4) is 16.6 Å². The number of rotatable bonds is 2. The minimum absolute atomic E-state index is 0.551. The molecule has 1 aliphatic rings. The van der Waals surface area contributed by atoms with Gasteiger partial charge in [-0.25, -0.2) is 4.98 Å². The molecule has 8 heteroatoms. The van der Waals surface area contributed by atoms with Gasteiger partial charge in [0, 0.05) is 31.2 Å². The van der Waals surface area contributed by atoms with Crippen molar-refractivity contribution in [1.82, 2.24) is 15.3 Å². The lowest BCUT2D eigenvalue weighted by Gasteiger charge is -2.25. The number of hydrogen-bond donors (Lipinski definition) is 1. The summed E-state index contributed by atoms with van der Waals surface area (Å²) in [5, 5.41) is 13.6. The van der Waals surface area contributed by atoms with E-state index in [-0.39, 0.29) is 0 Å². The Morgan fingerprint density at radius 2 is 2.17 bits per heavy atom. The van der Waals surface area contributed by atoms with Gasteiger partial charge >= 0.3 is 0 Å². The standard InChI is InChI=1S/C15H12ClN5OS/c16-9-5-11(14-19-8-10(7-17)23-14)13-12(6-9)20-15(22-13)21-3-1-18-2-4-21/h5-6,8,18H,1-4H2. The van der Waals surface area contributed by atoms with Gasteiger partial charge in [0.25, 0.3) is 6.01 Å². The molecule has 0 spiro atoms. The minimum atomic E-state index is 0.551. The number of piperazine rings is 1. The van der Waals surface area contributed by atoms with Gasteiger partial charge in [-0.2, -0.15) is 10.2 Å². The molecule has 0 saturated carbocycles. The Kier molecular flexibility index (Phi) is 3.65. The van der Waals surface area contributed by atoms with Crippen molar-refractivity contribution in [3.05, 3.63) is 28.2 Å². The highest BCUT2D eigenvalue weighted by atomic mass is 35.5. The van der Waals surface area contributed by atoms with Crippen molar-refractivity contribution < 1.29 is 4.42 Å². The number of anilines is 1. The molecule has 23 heavy (non-hydrogen) atoms. The summed E-state index contributed by atoms with van der Waals surface area (Å²) in [5.74, 6) is 0. The number of nitrogens with one attached hydrogen (secondary N) is 1. The molecule has 3 heterocycles. The third-order valence-electron chi connectivity index (χ3n) is 3.68. The van der Waals surface area contributed by atoms with Gasteiger partial charge in [0.05, 0.1) is 11.8 Å². The first-order valence-electron chi connectivity index (χ1n) is 7.16. The molecule has 3 aromatic rings. The molecule has 0 atom stereocenters. The van der Waals surface area contributed by atoms with E-state index in [1.54, 1.807) is 18.3 Å². The molecule has 0 aliphatic carbocycles. The normalized spacial score (nSPS) is 15.0. The third kappa shape index (κ3) is 2.65. The predicted octanol–water partition coefficient (Wildman–Crippen LogP) is 2.89. The zero-order valence-corrected chi connectivity index (χ0v) is 13.6. The summed E-state index contributed by atoms with van der Waals surface area (Å²) in [4.78, 5) is 11.5. The average Bonchev–Trinajstić information content (AvgIpc) is 3.21. The van der Waals surface area contributed by atoms with Gasteiger partial charge in [-0.1, -0.05) is 11.6 Å². The number of aromatic nitrogens is 2. The van der Waals surface area contributed by atoms with Crippen LogP contribution in [0.4, 0.5) is 6.01 Å². The highest BCUT2D eigenvalue weighted by Crippen LogP contribution is 2.36. The van der Waals surface area contributed by atoms with E-state index in [4.69, 9.17) is 21.3 Å². The van der Waals surface area contributed by atoms with E-state index >= 15 is 0 Å². The van der Waals surface area contributed by atoms with E-state index < -0.39 is 0 Å². The van der Waals surface area contributed by atoms with Crippen LogP contribution in [0.3, 0.4) is 0 Å². The highest BCUT2D eigenvalue weighted by Gasteiger charge is 2.20. The average molecular weight is 346 g/mol. The van der Waals surface area contributed by atoms with Gasteiger partial charge < -0.3 is 14.6 Å². The summed E-state index contributed by atoms with van der Waals surface area (Å²) in [5.41, 5.74) is 2.13. The smallest absolute Gasteiger partial charge is 0.298 e. The maximum Gasteiger partial charge on any atom is 0.298 e. The number of nitriles is 1. The maximum absolute atomic E-state index is 8.99. The molecule has 116 valence electrons. The molecule has 0 amide bonds. The summed E-state index contributed by atoms with van der Waals surface area (Å²) in [7, 11) is 0.